The molecular weight excluding hydrogens is 494 g/mol. The molecule has 1 aliphatic rings. The van der Waals surface area contributed by atoms with E-state index in [1.165, 1.54) is 7.11 Å². The van der Waals surface area contributed by atoms with E-state index in [9.17, 15) is 4.79 Å². The quantitative estimate of drug-likeness (QED) is 0.321. The Kier molecular flexibility index (Phi) is 9.02. The number of benzene rings is 2. The van der Waals surface area contributed by atoms with Crippen LogP contribution in [0, 0.1) is 5.92 Å². The summed E-state index contributed by atoms with van der Waals surface area (Å²) in [6, 6.07) is 15.5. The largest absolute Gasteiger partial charge is 0.493 e. The van der Waals surface area contributed by atoms with Crippen LogP contribution < -0.4 is 29.1 Å². The highest BCUT2D eigenvalue weighted by molar-refractivity contribution is 5.82. The van der Waals surface area contributed by atoms with E-state index >= 15 is 0 Å². The van der Waals surface area contributed by atoms with Crippen molar-refractivity contribution in [1.82, 2.24) is 4.90 Å². The van der Waals surface area contributed by atoms with E-state index < -0.39 is 0 Å². The SMILES string of the molecule is COc1cc2c(c(OC)c1OC)-c1ccc(OC)c(=O)cc1C(N(C)Cc1ccccc1OCC(C)C)CC2. The summed E-state index contributed by atoms with van der Waals surface area (Å²) in [5.74, 6) is 3.32. The molecule has 39 heavy (non-hydrogen) atoms. The van der Waals surface area contributed by atoms with Gasteiger partial charge in [0, 0.05) is 23.7 Å². The van der Waals surface area contributed by atoms with E-state index in [1.807, 2.05) is 30.3 Å². The maximum absolute atomic E-state index is 13.2. The predicted octanol–water partition coefficient (Wildman–Crippen LogP) is 5.90. The molecule has 0 fully saturated rings. The minimum absolute atomic E-state index is 0.0583. The molecule has 3 aromatic carbocycles. The highest BCUT2D eigenvalue weighted by Gasteiger charge is 2.31. The van der Waals surface area contributed by atoms with Crippen LogP contribution in [0.25, 0.3) is 11.1 Å². The minimum atomic E-state index is -0.166. The Morgan fingerprint density at radius 2 is 1.59 bits per heavy atom. The lowest BCUT2D eigenvalue weighted by molar-refractivity contribution is 0.217. The van der Waals surface area contributed by atoms with Crippen LogP contribution in [-0.4, -0.2) is 47.0 Å². The van der Waals surface area contributed by atoms with Crippen LogP contribution in [0.4, 0.5) is 0 Å². The zero-order valence-electron chi connectivity index (χ0n) is 24.0. The molecule has 1 unspecified atom stereocenters. The number of hydrogen-bond acceptors (Lipinski definition) is 7. The van der Waals surface area contributed by atoms with E-state index in [-0.39, 0.29) is 17.2 Å². The van der Waals surface area contributed by atoms with Crippen LogP contribution in [0.1, 0.15) is 43.0 Å². The minimum Gasteiger partial charge on any atom is -0.493 e. The van der Waals surface area contributed by atoms with Crippen molar-refractivity contribution in [3.8, 4) is 39.9 Å². The Morgan fingerprint density at radius 1 is 0.872 bits per heavy atom. The van der Waals surface area contributed by atoms with Crippen molar-refractivity contribution in [2.24, 2.45) is 5.92 Å². The smallest absolute Gasteiger partial charge is 0.220 e. The molecule has 1 atom stereocenters. The number of para-hydroxylation sites is 1. The number of aryl methyl sites for hydroxylation is 1. The third-order valence-electron chi connectivity index (χ3n) is 7.19. The van der Waals surface area contributed by atoms with E-state index in [0.29, 0.717) is 36.3 Å². The zero-order valence-corrected chi connectivity index (χ0v) is 24.0. The van der Waals surface area contributed by atoms with Crippen LogP contribution in [0.5, 0.6) is 28.7 Å². The van der Waals surface area contributed by atoms with Gasteiger partial charge in [-0.3, -0.25) is 9.69 Å². The highest BCUT2D eigenvalue weighted by atomic mass is 16.5. The maximum Gasteiger partial charge on any atom is 0.220 e. The second kappa shape index (κ2) is 12.4. The fourth-order valence-electron chi connectivity index (χ4n) is 5.31. The van der Waals surface area contributed by atoms with Crippen molar-refractivity contribution >= 4 is 0 Å². The van der Waals surface area contributed by atoms with Crippen molar-refractivity contribution in [3.05, 3.63) is 75.4 Å². The molecule has 0 bridgehead atoms. The lowest BCUT2D eigenvalue weighted by atomic mass is 9.95. The van der Waals surface area contributed by atoms with Crippen LogP contribution in [-0.2, 0) is 13.0 Å². The molecular formula is C32H39NO6. The number of ether oxygens (including phenoxy) is 5. The molecule has 0 radical (unpaired) electrons. The maximum atomic E-state index is 13.2. The molecule has 0 amide bonds. The number of nitrogens with zero attached hydrogens (tertiary/aromatic N) is 1. The molecule has 7 nitrogen and oxygen atoms in total. The fraction of sp³-hybridized carbons (Fsp3) is 0.406. The molecule has 0 saturated carbocycles. The van der Waals surface area contributed by atoms with Crippen molar-refractivity contribution in [1.29, 1.82) is 0 Å². The lowest BCUT2D eigenvalue weighted by Gasteiger charge is -2.29. The normalized spacial score (nSPS) is 14.3. The summed E-state index contributed by atoms with van der Waals surface area (Å²) >= 11 is 0. The van der Waals surface area contributed by atoms with Gasteiger partial charge in [0.2, 0.25) is 11.2 Å². The van der Waals surface area contributed by atoms with Gasteiger partial charge in [0.05, 0.1) is 35.0 Å². The van der Waals surface area contributed by atoms with Gasteiger partial charge in [-0.05, 0) is 66.8 Å². The fourth-order valence-corrected chi connectivity index (χ4v) is 5.31. The molecule has 0 aromatic heterocycles. The molecule has 0 N–H and O–H groups in total. The summed E-state index contributed by atoms with van der Waals surface area (Å²) in [4.78, 5) is 15.5. The van der Waals surface area contributed by atoms with Gasteiger partial charge in [0.1, 0.15) is 5.75 Å². The monoisotopic (exact) mass is 533 g/mol. The molecule has 208 valence electrons. The first-order chi connectivity index (χ1) is 18.8. The first-order valence-electron chi connectivity index (χ1n) is 13.3. The van der Waals surface area contributed by atoms with Gasteiger partial charge in [-0.2, -0.15) is 0 Å². The second-order valence-corrected chi connectivity index (χ2v) is 10.2. The molecule has 0 heterocycles. The third-order valence-corrected chi connectivity index (χ3v) is 7.19. The Balaban J connectivity index is 1.86. The summed E-state index contributed by atoms with van der Waals surface area (Å²) in [5.41, 5.74) is 4.72. The van der Waals surface area contributed by atoms with Crippen LogP contribution in [0.15, 0.2) is 53.3 Å². The van der Waals surface area contributed by atoms with E-state index in [4.69, 9.17) is 23.7 Å². The molecule has 3 aromatic rings. The standard InChI is InChI=1S/C32H39NO6/c1-20(2)19-39-27-11-9-8-10-22(27)18-33(3)25-14-12-21-16-29(36-5)31(37-6)32(38-7)30(21)23-13-15-28(35-4)26(34)17-24(23)25/h8-11,13,15-17,20,25H,12,14,18-19H2,1-7H3. The predicted molar refractivity (Wildman–Crippen MR) is 154 cm³/mol. The molecule has 4 rings (SSSR count). The summed E-state index contributed by atoms with van der Waals surface area (Å²) in [6.45, 7) is 5.59. The topological polar surface area (TPSA) is 66.5 Å². The van der Waals surface area contributed by atoms with Crippen molar-refractivity contribution in [2.45, 2.75) is 39.3 Å². The van der Waals surface area contributed by atoms with Crippen molar-refractivity contribution in [2.75, 3.05) is 42.1 Å². The molecule has 0 spiro atoms. The van der Waals surface area contributed by atoms with E-state index in [0.717, 1.165) is 46.4 Å². The molecule has 0 saturated heterocycles. The van der Waals surface area contributed by atoms with E-state index in [2.05, 4.69) is 31.9 Å². The first kappa shape index (κ1) is 28.3. The van der Waals surface area contributed by atoms with Gasteiger partial charge in [-0.1, -0.05) is 38.1 Å². The highest BCUT2D eigenvalue weighted by Crippen LogP contribution is 2.51. The number of rotatable bonds is 10. The van der Waals surface area contributed by atoms with Crippen LogP contribution >= 0.6 is 0 Å². The lowest BCUT2D eigenvalue weighted by Crippen LogP contribution is -2.25. The molecule has 1 aliphatic carbocycles. The van der Waals surface area contributed by atoms with Gasteiger partial charge in [0.15, 0.2) is 17.2 Å². The number of fused-ring (bicyclic) bond motifs is 3. The Morgan fingerprint density at radius 3 is 2.26 bits per heavy atom. The average Bonchev–Trinajstić information content (AvgIpc) is 3.18. The third kappa shape index (κ3) is 5.83. The Hall–Kier alpha value is -3.71. The Labute approximate surface area is 231 Å². The Bertz CT molecular complexity index is 1370. The van der Waals surface area contributed by atoms with Gasteiger partial charge < -0.3 is 23.7 Å². The first-order valence-corrected chi connectivity index (χ1v) is 13.3. The van der Waals surface area contributed by atoms with Gasteiger partial charge >= 0.3 is 0 Å². The van der Waals surface area contributed by atoms with Gasteiger partial charge in [-0.15, -0.1) is 0 Å². The van der Waals surface area contributed by atoms with Gasteiger partial charge in [-0.25, -0.2) is 0 Å². The zero-order chi connectivity index (χ0) is 28.1. The summed E-state index contributed by atoms with van der Waals surface area (Å²) < 4.78 is 28.8. The molecule has 7 heteroatoms. The second-order valence-electron chi connectivity index (χ2n) is 10.2. The number of hydrogen-bond donors (Lipinski definition) is 0. The summed E-state index contributed by atoms with van der Waals surface area (Å²) in [6.07, 6.45) is 1.55. The average molecular weight is 534 g/mol. The van der Waals surface area contributed by atoms with E-state index in [1.54, 1.807) is 33.5 Å². The van der Waals surface area contributed by atoms with Crippen molar-refractivity contribution in [3.63, 3.8) is 0 Å². The summed E-state index contributed by atoms with van der Waals surface area (Å²) in [7, 11) is 8.46. The molecule has 0 aliphatic heterocycles. The number of methoxy groups -OCH3 is 4. The van der Waals surface area contributed by atoms with Crippen LogP contribution in [0.3, 0.4) is 0 Å². The van der Waals surface area contributed by atoms with Crippen LogP contribution in [0.2, 0.25) is 0 Å². The van der Waals surface area contributed by atoms with Crippen molar-refractivity contribution < 1.29 is 23.7 Å². The summed E-state index contributed by atoms with van der Waals surface area (Å²) in [5, 5.41) is 0. The van der Waals surface area contributed by atoms with Gasteiger partial charge in [0.25, 0.3) is 0 Å².